The predicted octanol–water partition coefficient (Wildman–Crippen LogP) is -0.690. The molecule has 2 atom stereocenters. The molecule has 2 aliphatic rings. The van der Waals surface area contributed by atoms with Gasteiger partial charge in [-0.25, -0.2) is 0 Å². The van der Waals surface area contributed by atoms with Gasteiger partial charge < -0.3 is 15.7 Å². The second-order valence-electron chi connectivity index (χ2n) is 5.15. The Balaban J connectivity index is 1.93. The number of carbonyl (C=O) groups excluding carboxylic acids is 1. The van der Waals surface area contributed by atoms with Gasteiger partial charge in [-0.3, -0.25) is 9.69 Å². The first-order valence-electron chi connectivity index (χ1n) is 6.55. The van der Waals surface area contributed by atoms with Gasteiger partial charge in [0, 0.05) is 31.6 Å². The highest BCUT2D eigenvalue weighted by molar-refractivity contribution is 5.73. The summed E-state index contributed by atoms with van der Waals surface area (Å²) in [4.78, 5) is 13.5. The monoisotopic (exact) mass is 241 g/mol. The van der Waals surface area contributed by atoms with E-state index in [0.29, 0.717) is 6.04 Å². The molecule has 0 bridgehead atoms. The number of aliphatic hydroxyl groups excluding tert-OH is 1. The first kappa shape index (κ1) is 12.8. The molecule has 17 heavy (non-hydrogen) atoms. The minimum absolute atomic E-state index is 0.0267. The minimum Gasteiger partial charge on any atom is -0.395 e. The summed E-state index contributed by atoms with van der Waals surface area (Å²) < 4.78 is 0. The fraction of sp³-hybridized carbons (Fsp3) is 0.917. The molecule has 98 valence electrons. The van der Waals surface area contributed by atoms with Gasteiger partial charge in [-0.05, 0) is 32.4 Å². The number of rotatable bonds is 3. The average molecular weight is 241 g/mol. The van der Waals surface area contributed by atoms with Crippen molar-refractivity contribution in [1.82, 2.24) is 15.5 Å². The predicted molar refractivity (Wildman–Crippen MR) is 65.7 cm³/mol. The maximum atomic E-state index is 11.1. The molecule has 2 heterocycles. The molecule has 0 aliphatic carbocycles. The van der Waals surface area contributed by atoms with Gasteiger partial charge in [-0.15, -0.1) is 0 Å². The summed E-state index contributed by atoms with van der Waals surface area (Å²) in [7, 11) is 0. The van der Waals surface area contributed by atoms with Crippen LogP contribution in [0.1, 0.15) is 26.2 Å². The molecule has 0 aromatic rings. The van der Waals surface area contributed by atoms with E-state index in [4.69, 9.17) is 0 Å². The van der Waals surface area contributed by atoms with Crippen molar-refractivity contribution in [3.05, 3.63) is 0 Å². The molecule has 0 saturated carbocycles. The maximum absolute atomic E-state index is 11.1. The summed E-state index contributed by atoms with van der Waals surface area (Å²) >= 11 is 0. The largest absolute Gasteiger partial charge is 0.395 e. The molecular formula is C12H23N3O2. The molecule has 1 amide bonds. The van der Waals surface area contributed by atoms with Crippen molar-refractivity contribution in [3.8, 4) is 0 Å². The van der Waals surface area contributed by atoms with Gasteiger partial charge in [-0.1, -0.05) is 0 Å². The van der Waals surface area contributed by atoms with Crippen LogP contribution in [0.4, 0.5) is 0 Å². The third-order valence-electron chi connectivity index (χ3n) is 3.85. The molecule has 2 fully saturated rings. The lowest BCUT2D eigenvalue weighted by Gasteiger charge is -2.35. The lowest BCUT2D eigenvalue weighted by atomic mass is 10.0. The van der Waals surface area contributed by atoms with Crippen LogP contribution in [0.5, 0.6) is 0 Å². The topological polar surface area (TPSA) is 64.6 Å². The average Bonchev–Trinajstić information content (AvgIpc) is 2.72. The van der Waals surface area contributed by atoms with Crippen LogP contribution in [0.15, 0.2) is 0 Å². The Labute approximate surface area is 103 Å². The van der Waals surface area contributed by atoms with Crippen molar-refractivity contribution < 1.29 is 9.90 Å². The van der Waals surface area contributed by atoms with Crippen molar-refractivity contribution in [3.63, 3.8) is 0 Å². The van der Waals surface area contributed by atoms with E-state index < -0.39 is 0 Å². The third kappa shape index (κ3) is 3.18. The summed E-state index contributed by atoms with van der Waals surface area (Å²) in [5.41, 5.74) is 0. The quantitative estimate of drug-likeness (QED) is 0.612. The maximum Gasteiger partial charge on any atom is 0.217 e. The van der Waals surface area contributed by atoms with Crippen molar-refractivity contribution in [2.75, 3.05) is 26.2 Å². The third-order valence-corrected chi connectivity index (χ3v) is 3.85. The number of carbonyl (C=O) groups is 1. The zero-order valence-corrected chi connectivity index (χ0v) is 10.5. The first-order chi connectivity index (χ1) is 8.20. The molecule has 0 unspecified atom stereocenters. The Kier molecular flexibility index (Phi) is 4.36. The number of likely N-dealkylation sites (tertiary alicyclic amines) is 1. The summed E-state index contributed by atoms with van der Waals surface area (Å²) in [6, 6.07) is 0.988. The molecule has 0 spiro atoms. The van der Waals surface area contributed by atoms with E-state index in [1.54, 1.807) is 6.92 Å². The molecule has 0 aromatic carbocycles. The molecule has 0 radical (unpaired) electrons. The normalized spacial score (nSPS) is 31.6. The SMILES string of the molecule is CC(=O)N[C@@H]1C[C@@H](CO)N(C2CCNCC2)C1. The smallest absolute Gasteiger partial charge is 0.217 e. The Morgan fingerprint density at radius 2 is 2.18 bits per heavy atom. The molecule has 5 nitrogen and oxygen atoms in total. The van der Waals surface area contributed by atoms with Crippen LogP contribution in [0.25, 0.3) is 0 Å². The van der Waals surface area contributed by atoms with E-state index in [1.807, 2.05) is 0 Å². The number of amides is 1. The van der Waals surface area contributed by atoms with Crippen molar-refractivity contribution in [1.29, 1.82) is 0 Å². The standard InChI is InChI=1S/C12H23N3O2/c1-9(17)14-10-6-12(8-16)15(7-10)11-2-4-13-5-3-11/h10-13,16H,2-8H2,1H3,(H,14,17)/t10-,12+/m1/s1. The van der Waals surface area contributed by atoms with Gasteiger partial charge in [-0.2, -0.15) is 0 Å². The number of hydrogen-bond donors (Lipinski definition) is 3. The Morgan fingerprint density at radius 1 is 1.47 bits per heavy atom. The zero-order chi connectivity index (χ0) is 12.3. The highest BCUT2D eigenvalue weighted by Crippen LogP contribution is 2.24. The molecule has 2 rings (SSSR count). The molecule has 2 saturated heterocycles. The first-order valence-corrected chi connectivity index (χ1v) is 6.55. The highest BCUT2D eigenvalue weighted by atomic mass is 16.3. The van der Waals surface area contributed by atoms with Crippen molar-refractivity contribution >= 4 is 5.91 Å². The fourth-order valence-corrected chi connectivity index (χ4v) is 3.10. The van der Waals surface area contributed by atoms with Gasteiger partial charge in [0.2, 0.25) is 5.91 Å². The van der Waals surface area contributed by atoms with Crippen LogP contribution in [-0.4, -0.2) is 60.3 Å². The van der Waals surface area contributed by atoms with E-state index in [9.17, 15) is 9.90 Å². The highest BCUT2D eigenvalue weighted by Gasteiger charge is 2.36. The number of aliphatic hydroxyl groups is 1. The van der Waals surface area contributed by atoms with Crippen LogP contribution in [0.2, 0.25) is 0 Å². The summed E-state index contributed by atoms with van der Waals surface area (Å²) in [6.07, 6.45) is 3.16. The molecule has 3 N–H and O–H groups in total. The molecule has 5 heteroatoms. The van der Waals surface area contributed by atoms with Gasteiger partial charge in [0.15, 0.2) is 0 Å². The van der Waals surface area contributed by atoms with E-state index in [0.717, 1.165) is 38.9 Å². The number of hydrogen-bond acceptors (Lipinski definition) is 4. The Morgan fingerprint density at radius 3 is 2.76 bits per heavy atom. The molecule has 2 aliphatic heterocycles. The minimum atomic E-state index is 0.0267. The lowest BCUT2D eigenvalue weighted by molar-refractivity contribution is -0.119. The second kappa shape index (κ2) is 5.80. The van der Waals surface area contributed by atoms with Gasteiger partial charge in [0.25, 0.3) is 0 Å². The zero-order valence-electron chi connectivity index (χ0n) is 10.5. The van der Waals surface area contributed by atoms with Crippen molar-refractivity contribution in [2.45, 2.75) is 44.3 Å². The number of nitrogens with zero attached hydrogens (tertiary/aromatic N) is 1. The van der Waals surface area contributed by atoms with Crippen LogP contribution in [-0.2, 0) is 4.79 Å². The molecule has 0 aromatic heterocycles. The van der Waals surface area contributed by atoms with E-state index in [1.165, 1.54) is 0 Å². The van der Waals surface area contributed by atoms with E-state index >= 15 is 0 Å². The van der Waals surface area contributed by atoms with Crippen LogP contribution in [0, 0.1) is 0 Å². The Hall–Kier alpha value is -0.650. The number of nitrogens with one attached hydrogen (secondary N) is 2. The van der Waals surface area contributed by atoms with Gasteiger partial charge in [0.05, 0.1) is 6.61 Å². The summed E-state index contributed by atoms with van der Waals surface area (Å²) in [5, 5.41) is 15.8. The van der Waals surface area contributed by atoms with Crippen LogP contribution >= 0.6 is 0 Å². The number of piperidine rings is 1. The van der Waals surface area contributed by atoms with Crippen LogP contribution in [0.3, 0.4) is 0 Å². The van der Waals surface area contributed by atoms with E-state index in [-0.39, 0.29) is 24.6 Å². The lowest BCUT2D eigenvalue weighted by Crippen LogP contribution is -2.47. The van der Waals surface area contributed by atoms with E-state index in [2.05, 4.69) is 15.5 Å². The van der Waals surface area contributed by atoms with Gasteiger partial charge in [0.1, 0.15) is 0 Å². The second-order valence-corrected chi connectivity index (χ2v) is 5.15. The molecular weight excluding hydrogens is 218 g/mol. The summed E-state index contributed by atoms with van der Waals surface area (Å²) in [5.74, 6) is 0.0267. The van der Waals surface area contributed by atoms with Gasteiger partial charge >= 0.3 is 0 Å². The Bertz CT molecular complexity index is 266. The fourth-order valence-electron chi connectivity index (χ4n) is 3.10. The van der Waals surface area contributed by atoms with Crippen LogP contribution < -0.4 is 10.6 Å². The summed E-state index contributed by atoms with van der Waals surface area (Å²) in [6.45, 7) is 4.75. The van der Waals surface area contributed by atoms with Crippen molar-refractivity contribution in [2.24, 2.45) is 0 Å².